The summed E-state index contributed by atoms with van der Waals surface area (Å²) in [5, 5.41) is 3.23. The Bertz CT molecular complexity index is 894. The maximum absolute atomic E-state index is 12.7. The van der Waals surface area contributed by atoms with Crippen LogP contribution in [-0.4, -0.2) is 43.5 Å². The van der Waals surface area contributed by atoms with Crippen molar-refractivity contribution in [2.45, 2.75) is 32.7 Å². The van der Waals surface area contributed by atoms with Crippen molar-refractivity contribution in [3.8, 4) is 11.5 Å². The molecule has 1 saturated heterocycles. The van der Waals surface area contributed by atoms with Gasteiger partial charge in [0.25, 0.3) is 5.91 Å². The molecule has 2 amide bonds. The highest BCUT2D eigenvalue weighted by molar-refractivity contribution is 6.06. The molecule has 1 fully saturated rings. The number of hydrogen-bond donors (Lipinski definition) is 1. The Morgan fingerprint density at radius 1 is 1.04 bits per heavy atom. The molecule has 0 aromatic heterocycles. The molecule has 148 valence electrons. The number of rotatable bonds is 7. The van der Waals surface area contributed by atoms with Crippen molar-refractivity contribution in [1.82, 2.24) is 4.90 Å². The summed E-state index contributed by atoms with van der Waals surface area (Å²) in [5.74, 6) is 0.962. The Labute approximate surface area is 165 Å². The van der Waals surface area contributed by atoms with E-state index in [9.17, 15) is 9.59 Å². The molecular weight excluding hydrogens is 356 g/mol. The summed E-state index contributed by atoms with van der Waals surface area (Å²) < 4.78 is 10.6. The van der Waals surface area contributed by atoms with E-state index in [1.165, 1.54) is 4.90 Å². The van der Waals surface area contributed by atoms with Gasteiger partial charge in [-0.05, 0) is 49.6 Å². The topological polar surface area (TPSA) is 67.9 Å². The predicted octanol–water partition coefficient (Wildman–Crippen LogP) is 3.10. The summed E-state index contributed by atoms with van der Waals surface area (Å²) in [5.41, 5.74) is 4.08. The van der Waals surface area contributed by atoms with E-state index >= 15 is 0 Å². The van der Waals surface area contributed by atoms with Crippen molar-refractivity contribution >= 4 is 17.5 Å². The van der Waals surface area contributed by atoms with Gasteiger partial charge in [-0.3, -0.25) is 14.5 Å². The number of anilines is 1. The number of hydrogen-bond acceptors (Lipinski definition) is 5. The Balaban J connectivity index is 1.65. The number of ether oxygens (including phenoxy) is 2. The first-order valence-electron chi connectivity index (χ1n) is 9.32. The van der Waals surface area contributed by atoms with Crippen LogP contribution < -0.4 is 14.8 Å². The monoisotopic (exact) mass is 382 g/mol. The minimum Gasteiger partial charge on any atom is -0.493 e. The van der Waals surface area contributed by atoms with Crippen molar-refractivity contribution in [2.24, 2.45) is 0 Å². The fraction of sp³-hybridized carbons (Fsp3) is 0.364. The standard InChI is InChI=1S/C22H26N2O4/c1-14-5-7-17(15(2)11-14)23-18-13-21(25)24(22(18)26)10-9-16-6-8-19(27-3)20(12-16)28-4/h5-8,11-12,18,23H,9-10,13H2,1-4H3/t18-/m0/s1. The molecule has 0 spiro atoms. The molecule has 0 aliphatic carbocycles. The maximum Gasteiger partial charge on any atom is 0.252 e. The largest absolute Gasteiger partial charge is 0.493 e. The lowest BCUT2D eigenvalue weighted by Crippen LogP contribution is -2.36. The molecule has 2 aromatic carbocycles. The van der Waals surface area contributed by atoms with Crippen LogP contribution in [0.1, 0.15) is 23.1 Å². The van der Waals surface area contributed by atoms with E-state index in [1.54, 1.807) is 14.2 Å². The van der Waals surface area contributed by atoms with Gasteiger partial charge in [0.1, 0.15) is 6.04 Å². The molecule has 0 bridgehead atoms. The van der Waals surface area contributed by atoms with E-state index in [4.69, 9.17) is 9.47 Å². The van der Waals surface area contributed by atoms with Gasteiger partial charge in [0.05, 0.1) is 20.6 Å². The van der Waals surface area contributed by atoms with Gasteiger partial charge in [-0.1, -0.05) is 23.8 Å². The van der Waals surface area contributed by atoms with E-state index < -0.39 is 6.04 Å². The fourth-order valence-electron chi connectivity index (χ4n) is 3.47. The molecule has 6 heteroatoms. The molecule has 2 aromatic rings. The molecular formula is C22H26N2O4. The zero-order valence-corrected chi connectivity index (χ0v) is 16.7. The van der Waals surface area contributed by atoms with Gasteiger partial charge in [0, 0.05) is 12.2 Å². The summed E-state index contributed by atoms with van der Waals surface area (Å²) in [4.78, 5) is 26.5. The number of nitrogens with zero attached hydrogens (tertiary/aromatic N) is 1. The van der Waals surface area contributed by atoms with E-state index in [0.29, 0.717) is 24.5 Å². The Morgan fingerprint density at radius 3 is 2.46 bits per heavy atom. The normalized spacial score (nSPS) is 16.4. The molecule has 0 radical (unpaired) electrons. The SMILES string of the molecule is COc1ccc(CCN2C(=O)C[C@H](Nc3ccc(C)cc3C)C2=O)cc1OC. The third-order valence-electron chi connectivity index (χ3n) is 5.03. The second-order valence-electron chi connectivity index (χ2n) is 7.04. The van der Waals surface area contributed by atoms with Crippen molar-refractivity contribution in [2.75, 3.05) is 26.1 Å². The van der Waals surface area contributed by atoms with Crippen LogP contribution in [0.5, 0.6) is 11.5 Å². The summed E-state index contributed by atoms with van der Waals surface area (Å²) in [6.45, 7) is 4.36. The van der Waals surface area contributed by atoms with Gasteiger partial charge in [0.2, 0.25) is 5.91 Å². The highest BCUT2D eigenvalue weighted by Gasteiger charge is 2.38. The lowest BCUT2D eigenvalue weighted by Gasteiger charge is -2.17. The molecule has 28 heavy (non-hydrogen) atoms. The van der Waals surface area contributed by atoms with Crippen LogP contribution in [0.15, 0.2) is 36.4 Å². The highest BCUT2D eigenvalue weighted by atomic mass is 16.5. The quantitative estimate of drug-likeness (QED) is 0.746. The zero-order valence-electron chi connectivity index (χ0n) is 16.7. The van der Waals surface area contributed by atoms with Crippen LogP contribution in [0.2, 0.25) is 0 Å². The van der Waals surface area contributed by atoms with Crippen LogP contribution in [0.25, 0.3) is 0 Å². The Kier molecular flexibility index (Phi) is 5.87. The number of imide groups is 1. The Hall–Kier alpha value is -3.02. The smallest absolute Gasteiger partial charge is 0.252 e. The predicted molar refractivity (Wildman–Crippen MR) is 108 cm³/mol. The maximum atomic E-state index is 12.7. The van der Waals surface area contributed by atoms with E-state index in [-0.39, 0.29) is 18.2 Å². The molecule has 1 aliphatic heterocycles. The van der Waals surface area contributed by atoms with Crippen LogP contribution in [0, 0.1) is 13.8 Å². The van der Waals surface area contributed by atoms with Crippen molar-refractivity contribution < 1.29 is 19.1 Å². The first-order chi connectivity index (χ1) is 13.4. The molecule has 0 saturated carbocycles. The number of likely N-dealkylation sites (tertiary alicyclic amines) is 1. The Morgan fingerprint density at radius 2 is 1.79 bits per heavy atom. The van der Waals surface area contributed by atoms with E-state index in [2.05, 4.69) is 11.4 Å². The van der Waals surface area contributed by atoms with Gasteiger partial charge in [0.15, 0.2) is 11.5 Å². The molecule has 1 atom stereocenters. The van der Waals surface area contributed by atoms with Gasteiger partial charge in [-0.25, -0.2) is 0 Å². The highest BCUT2D eigenvalue weighted by Crippen LogP contribution is 2.28. The summed E-state index contributed by atoms with van der Waals surface area (Å²) in [6.07, 6.45) is 0.742. The van der Waals surface area contributed by atoms with Gasteiger partial charge in [-0.2, -0.15) is 0 Å². The van der Waals surface area contributed by atoms with Crippen molar-refractivity contribution in [3.63, 3.8) is 0 Å². The second-order valence-corrected chi connectivity index (χ2v) is 7.04. The molecule has 3 rings (SSSR count). The second kappa shape index (κ2) is 8.33. The summed E-state index contributed by atoms with van der Waals surface area (Å²) in [6, 6.07) is 11.1. The average molecular weight is 382 g/mol. The lowest BCUT2D eigenvalue weighted by atomic mass is 10.1. The number of carbonyl (C=O) groups excluding carboxylic acids is 2. The average Bonchev–Trinajstić information content (AvgIpc) is 2.95. The van der Waals surface area contributed by atoms with Gasteiger partial charge >= 0.3 is 0 Å². The van der Waals surface area contributed by atoms with Crippen LogP contribution in [-0.2, 0) is 16.0 Å². The number of nitrogens with one attached hydrogen (secondary N) is 1. The van der Waals surface area contributed by atoms with Gasteiger partial charge in [-0.15, -0.1) is 0 Å². The zero-order chi connectivity index (χ0) is 20.3. The molecule has 6 nitrogen and oxygen atoms in total. The number of methoxy groups -OCH3 is 2. The summed E-state index contributed by atoms with van der Waals surface area (Å²) in [7, 11) is 3.17. The van der Waals surface area contributed by atoms with Crippen LogP contribution >= 0.6 is 0 Å². The molecule has 1 aliphatic rings. The third kappa shape index (κ3) is 4.11. The first-order valence-corrected chi connectivity index (χ1v) is 9.32. The number of aryl methyl sites for hydroxylation is 2. The molecule has 0 unspecified atom stereocenters. The van der Waals surface area contributed by atoms with Crippen LogP contribution in [0.3, 0.4) is 0 Å². The fourth-order valence-corrected chi connectivity index (χ4v) is 3.47. The molecule has 1 N–H and O–H groups in total. The first kappa shape index (κ1) is 19.7. The van der Waals surface area contributed by atoms with E-state index in [0.717, 1.165) is 22.4 Å². The number of amides is 2. The van der Waals surface area contributed by atoms with Crippen molar-refractivity contribution in [1.29, 1.82) is 0 Å². The molecule has 1 heterocycles. The summed E-state index contributed by atoms with van der Waals surface area (Å²) >= 11 is 0. The van der Waals surface area contributed by atoms with Crippen molar-refractivity contribution in [3.05, 3.63) is 53.1 Å². The van der Waals surface area contributed by atoms with Crippen LogP contribution in [0.4, 0.5) is 5.69 Å². The number of benzene rings is 2. The van der Waals surface area contributed by atoms with E-state index in [1.807, 2.05) is 44.2 Å². The minimum absolute atomic E-state index is 0.146. The third-order valence-corrected chi connectivity index (χ3v) is 5.03. The van der Waals surface area contributed by atoms with Gasteiger partial charge < -0.3 is 14.8 Å². The minimum atomic E-state index is -0.515. The lowest BCUT2D eigenvalue weighted by molar-refractivity contribution is -0.138. The number of carbonyl (C=O) groups is 2.